The van der Waals surface area contributed by atoms with E-state index in [9.17, 15) is 9.50 Å². The van der Waals surface area contributed by atoms with E-state index >= 15 is 0 Å². The van der Waals surface area contributed by atoms with Gasteiger partial charge in [-0.05, 0) is 48.4 Å². The summed E-state index contributed by atoms with van der Waals surface area (Å²) < 4.78 is 13.1. The Morgan fingerprint density at radius 1 is 1.29 bits per heavy atom. The lowest BCUT2D eigenvalue weighted by atomic mass is 9.78. The molecule has 3 rings (SSSR count). The van der Waals surface area contributed by atoms with Crippen molar-refractivity contribution in [3.63, 3.8) is 0 Å². The Labute approximate surface area is 124 Å². The molecule has 0 radical (unpaired) electrons. The van der Waals surface area contributed by atoms with Gasteiger partial charge in [0.1, 0.15) is 11.4 Å². The van der Waals surface area contributed by atoms with E-state index in [1.54, 1.807) is 6.07 Å². The van der Waals surface area contributed by atoms with Crippen LogP contribution in [0, 0.1) is 5.82 Å². The fraction of sp³-hybridized carbons (Fsp3) is 0.389. The minimum atomic E-state index is -1.16. The molecule has 1 aromatic carbocycles. The fourth-order valence-corrected chi connectivity index (χ4v) is 2.95. The van der Waals surface area contributed by atoms with Gasteiger partial charge in [0.25, 0.3) is 0 Å². The van der Waals surface area contributed by atoms with E-state index in [0.717, 1.165) is 11.8 Å². The van der Waals surface area contributed by atoms with E-state index in [-0.39, 0.29) is 5.82 Å². The first-order chi connectivity index (χ1) is 10.1. The van der Waals surface area contributed by atoms with Gasteiger partial charge in [0, 0.05) is 0 Å². The highest BCUT2D eigenvalue weighted by Gasteiger charge is 2.32. The standard InChI is InChI=1S/C18H20FNO/c1-2-18(21,17-10-9-16(19)12-20-17)15-8-4-7-14(11-15)13-5-3-6-13/h4,7-13,21H,2-3,5-6H2,1H3. The van der Waals surface area contributed by atoms with Gasteiger partial charge in [-0.1, -0.05) is 37.6 Å². The summed E-state index contributed by atoms with van der Waals surface area (Å²) in [4.78, 5) is 4.08. The number of benzene rings is 1. The Balaban J connectivity index is 2.00. The van der Waals surface area contributed by atoms with Gasteiger partial charge in [-0.15, -0.1) is 0 Å². The minimum Gasteiger partial charge on any atom is -0.379 e. The molecule has 1 saturated carbocycles. The van der Waals surface area contributed by atoms with E-state index in [4.69, 9.17) is 0 Å². The van der Waals surface area contributed by atoms with Crippen LogP contribution in [-0.2, 0) is 5.60 Å². The van der Waals surface area contributed by atoms with Crippen molar-refractivity contribution >= 4 is 0 Å². The predicted octanol–water partition coefficient (Wildman–Crippen LogP) is 4.13. The summed E-state index contributed by atoms with van der Waals surface area (Å²) in [6.07, 6.45) is 5.39. The molecule has 1 fully saturated rings. The molecule has 1 unspecified atom stereocenters. The lowest BCUT2D eigenvalue weighted by Crippen LogP contribution is -2.28. The number of nitrogens with zero attached hydrogens (tertiary/aromatic N) is 1. The maximum atomic E-state index is 13.1. The number of aliphatic hydroxyl groups is 1. The molecule has 21 heavy (non-hydrogen) atoms. The molecule has 0 bridgehead atoms. The van der Waals surface area contributed by atoms with Crippen molar-refractivity contribution in [2.24, 2.45) is 0 Å². The van der Waals surface area contributed by atoms with Crippen LogP contribution < -0.4 is 0 Å². The third-order valence-corrected chi connectivity index (χ3v) is 4.60. The molecular formula is C18H20FNO. The zero-order chi connectivity index (χ0) is 14.9. The average Bonchev–Trinajstić information content (AvgIpc) is 2.46. The van der Waals surface area contributed by atoms with Gasteiger partial charge < -0.3 is 5.11 Å². The summed E-state index contributed by atoms with van der Waals surface area (Å²) in [6, 6.07) is 11.0. The molecule has 0 aliphatic heterocycles. The number of hydrogen-bond donors (Lipinski definition) is 1. The largest absolute Gasteiger partial charge is 0.379 e. The molecule has 1 N–H and O–H groups in total. The third-order valence-electron chi connectivity index (χ3n) is 4.60. The van der Waals surface area contributed by atoms with E-state index < -0.39 is 5.60 Å². The van der Waals surface area contributed by atoms with Crippen molar-refractivity contribution in [1.29, 1.82) is 0 Å². The zero-order valence-electron chi connectivity index (χ0n) is 12.2. The lowest BCUT2D eigenvalue weighted by Gasteiger charge is -2.30. The molecule has 0 amide bonds. The van der Waals surface area contributed by atoms with Crippen LogP contribution in [0.4, 0.5) is 4.39 Å². The van der Waals surface area contributed by atoms with E-state index in [1.165, 1.54) is 30.9 Å². The number of rotatable bonds is 4. The van der Waals surface area contributed by atoms with E-state index in [1.807, 2.05) is 19.1 Å². The van der Waals surface area contributed by atoms with Gasteiger partial charge in [0.05, 0.1) is 11.9 Å². The molecule has 1 aromatic heterocycles. The second-order valence-electron chi connectivity index (χ2n) is 5.83. The lowest BCUT2D eigenvalue weighted by molar-refractivity contribution is 0.0716. The molecule has 2 aromatic rings. The van der Waals surface area contributed by atoms with Crippen LogP contribution in [0.2, 0.25) is 0 Å². The van der Waals surface area contributed by atoms with E-state index in [0.29, 0.717) is 18.0 Å². The first-order valence-electron chi connectivity index (χ1n) is 7.58. The van der Waals surface area contributed by atoms with Gasteiger partial charge in [-0.2, -0.15) is 0 Å². The molecule has 3 heteroatoms. The molecule has 110 valence electrons. The molecule has 1 atom stereocenters. The van der Waals surface area contributed by atoms with Crippen LogP contribution >= 0.6 is 0 Å². The second kappa shape index (κ2) is 5.57. The van der Waals surface area contributed by atoms with Gasteiger partial charge >= 0.3 is 0 Å². The van der Waals surface area contributed by atoms with Crippen molar-refractivity contribution in [1.82, 2.24) is 4.98 Å². The van der Waals surface area contributed by atoms with Crippen molar-refractivity contribution in [2.45, 2.75) is 44.1 Å². The first kappa shape index (κ1) is 14.2. The van der Waals surface area contributed by atoms with Gasteiger partial charge in [-0.25, -0.2) is 4.39 Å². The van der Waals surface area contributed by atoms with Crippen molar-refractivity contribution < 1.29 is 9.50 Å². The summed E-state index contributed by atoms with van der Waals surface area (Å²) in [7, 11) is 0. The highest BCUT2D eigenvalue weighted by atomic mass is 19.1. The van der Waals surface area contributed by atoms with Crippen molar-refractivity contribution in [3.8, 4) is 0 Å². The number of aromatic nitrogens is 1. The van der Waals surface area contributed by atoms with Crippen LogP contribution in [0.3, 0.4) is 0 Å². The third kappa shape index (κ3) is 2.58. The predicted molar refractivity (Wildman–Crippen MR) is 80.5 cm³/mol. The summed E-state index contributed by atoms with van der Waals surface area (Å²) >= 11 is 0. The first-order valence-corrected chi connectivity index (χ1v) is 7.58. The Morgan fingerprint density at radius 3 is 2.67 bits per heavy atom. The summed E-state index contributed by atoms with van der Waals surface area (Å²) in [5.74, 6) is 0.229. The molecular weight excluding hydrogens is 265 g/mol. The quantitative estimate of drug-likeness (QED) is 0.916. The maximum absolute atomic E-state index is 13.1. The van der Waals surface area contributed by atoms with Crippen LogP contribution in [0.1, 0.15) is 55.3 Å². The fourth-order valence-electron chi connectivity index (χ4n) is 2.95. The van der Waals surface area contributed by atoms with Crippen LogP contribution in [-0.4, -0.2) is 10.1 Å². The Bertz CT molecular complexity index is 621. The monoisotopic (exact) mass is 285 g/mol. The topological polar surface area (TPSA) is 33.1 Å². The van der Waals surface area contributed by atoms with Gasteiger partial charge in [0.2, 0.25) is 0 Å². The minimum absolute atomic E-state index is 0.388. The Hall–Kier alpha value is -1.74. The van der Waals surface area contributed by atoms with Crippen molar-refractivity contribution in [2.75, 3.05) is 0 Å². The van der Waals surface area contributed by atoms with Crippen LogP contribution in [0.25, 0.3) is 0 Å². The van der Waals surface area contributed by atoms with Crippen LogP contribution in [0.15, 0.2) is 42.6 Å². The van der Waals surface area contributed by atoms with E-state index in [2.05, 4.69) is 17.1 Å². The average molecular weight is 285 g/mol. The molecule has 1 aliphatic rings. The highest BCUT2D eigenvalue weighted by Crippen LogP contribution is 2.39. The van der Waals surface area contributed by atoms with Crippen molar-refractivity contribution in [3.05, 3.63) is 65.2 Å². The Morgan fingerprint density at radius 2 is 2.10 bits per heavy atom. The summed E-state index contributed by atoms with van der Waals surface area (Å²) in [6.45, 7) is 1.92. The SMILES string of the molecule is CCC(O)(c1cccc(C2CCC2)c1)c1ccc(F)cn1. The molecule has 2 nitrogen and oxygen atoms in total. The van der Waals surface area contributed by atoms with Crippen LogP contribution in [0.5, 0.6) is 0 Å². The number of hydrogen-bond acceptors (Lipinski definition) is 2. The molecule has 0 spiro atoms. The highest BCUT2D eigenvalue weighted by molar-refractivity contribution is 5.36. The number of pyridine rings is 1. The second-order valence-corrected chi connectivity index (χ2v) is 5.83. The molecule has 1 aliphatic carbocycles. The van der Waals surface area contributed by atoms with Gasteiger partial charge in [0.15, 0.2) is 0 Å². The number of halogens is 1. The van der Waals surface area contributed by atoms with Gasteiger partial charge in [-0.3, -0.25) is 4.98 Å². The molecule has 0 saturated heterocycles. The molecule has 1 heterocycles. The zero-order valence-corrected chi connectivity index (χ0v) is 12.2. The smallest absolute Gasteiger partial charge is 0.141 e. The normalized spacial score (nSPS) is 18.0. The summed E-state index contributed by atoms with van der Waals surface area (Å²) in [5.41, 5.74) is 1.46. The Kier molecular flexibility index (Phi) is 3.77. The maximum Gasteiger partial charge on any atom is 0.141 e. The summed E-state index contributed by atoms with van der Waals surface area (Å²) in [5, 5.41) is 11.1.